The van der Waals surface area contributed by atoms with Crippen LogP contribution in [0.5, 0.6) is 0 Å². The van der Waals surface area contributed by atoms with Crippen molar-refractivity contribution >= 4 is 30.9 Å². The number of halogens is 2. The summed E-state index contributed by atoms with van der Waals surface area (Å²) in [7, 11) is -2.76. The summed E-state index contributed by atoms with van der Waals surface area (Å²) in [5.74, 6) is -1.34. The summed E-state index contributed by atoms with van der Waals surface area (Å²) >= 11 is 6.54. The Bertz CT molecular complexity index is 770. The van der Waals surface area contributed by atoms with Crippen molar-refractivity contribution in [1.82, 2.24) is 14.0 Å². The van der Waals surface area contributed by atoms with Gasteiger partial charge < -0.3 is 12.4 Å². The number of hydrogen-bond acceptors (Lipinski definition) is 7. The molecule has 0 fully saturated rings. The second kappa shape index (κ2) is 12.5. The van der Waals surface area contributed by atoms with Crippen LogP contribution in [0.4, 0.5) is 0 Å². The third-order valence-electron chi connectivity index (χ3n) is 5.22. The van der Waals surface area contributed by atoms with E-state index in [4.69, 9.17) is 11.6 Å². The van der Waals surface area contributed by atoms with Crippen LogP contribution in [0, 0.1) is 22.7 Å². The minimum absolute atomic E-state index is 0. The van der Waals surface area contributed by atoms with Gasteiger partial charge in [-0.1, -0.05) is 11.6 Å². The molecule has 0 bridgehead atoms. The van der Waals surface area contributed by atoms with Crippen LogP contribution < -0.4 is 12.4 Å². The van der Waals surface area contributed by atoms with Gasteiger partial charge in [0.25, 0.3) is 7.71 Å². The SMILES string of the molecule is CCN(CC)[P+](C1=C(Cl)C(=O)C(C#N)=C(C#N)C1=O)(N(CC)CC)N(CC)CC.[Cl-]. The number of nitrogens with zero attached hydrogens (tertiary/aromatic N) is 5. The molecule has 1 aliphatic carbocycles. The fourth-order valence-electron chi connectivity index (χ4n) is 3.96. The Morgan fingerprint density at radius 2 is 1.03 bits per heavy atom. The number of rotatable bonds is 10. The molecular formula is C20H30Cl2N5O2P. The maximum atomic E-state index is 13.6. The van der Waals surface area contributed by atoms with Crippen LogP contribution in [-0.2, 0) is 9.59 Å². The first-order chi connectivity index (χ1) is 13.8. The molecule has 0 heterocycles. The van der Waals surface area contributed by atoms with E-state index in [2.05, 4.69) is 14.0 Å². The zero-order valence-corrected chi connectivity index (χ0v) is 20.9. The Kier molecular flexibility index (Phi) is 12.0. The third-order valence-corrected chi connectivity index (χ3v) is 10.8. The van der Waals surface area contributed by atoms with Crippen molar-refractivity contribution in [2.45, 2.75) is 41.5 Å². The Labute approximate surface area is 191 Å². The number of ketones is 2. The van der Waals surface area contributed by atoms with E-state index in [1.54, 1.807) is 12.1 Å². The smallest absolute Gasteiger partial charge is 0.267 e. The van der Waals surface area contributed by atoms with Gasteiger partial charge >= 0.3 is 0 Å². The van der Waals surface area contributed by atoms with Gasteiger partial charge in [-0.15, -0.1) is 14.0 Å². The van der Waals surface area contributed by atoms with E-state index in [1.807, 2.05) is 41.5 Å². The Morgan fingerprint density at radius 3 is 1.30 bits per heavy atom. The van der Waals surface area contributed by atoms with Gasteiger partial charge in [0, 0.05) is 39.3 Å². The number of allylic oxidation sites excluding steroid dienone is 4. The largest absolute Gasteiger partial charge is 1.00 e. The standard InChI is InChI=1S/C20H30ClN5O2P.ClH/c1-7-24(8-2)29(25(9-3)10-4,26(11-5)12-6)20-17(21)18(27)15(13-22)16(14-23)19(20)28;/h7-12H2,1-6H3;1H/q+1;/p-1. The van der Waals surface area contributed by atoms with E-state index in [-0.39, 0.29) is 22.8 Å². The molecule has 0 N–H and O–H groups in total. The fraction of sp³-hybridized carbons (Fsp3) is 0.600. The molecule has 0 aromatic heterocycles. The highest BCUT2D eigenvalue weighted by Gasteiger charge is 2.63. The van der Waals surface area contributed by atoms with Crippen LogP contribution >= 0.6 is 19.3 Å². The number of nitriles is 2. The maximum Gasteiger partial charge on any atom is 0.267 e. The van der Waals surface area contributed by atoms with Crippen molar-refractivity contribution < 1.29 is 22.0 Å². The fourth-order valence-corrected chi connectivity index (χ4v) is 9.52. The summed E-state index contributed by atoms with van der Waals surface area (Å²) in [6.45, 7) is 15.9. The lowest BCUT2D eigenvalue weighted by molar-refractivity contribution is -0.115. The van der Waals surface area contributed by atoms with Crippen LogP contribution in [0.15, 0.2) is 21.5 Å². The Morgan fingerprint density at radius 1 is 0.733 bits per heavy atom. The normalized spacial score (nSPS) is 15.1. The van der Waals surface area contributed by atoms with E-state index >= 15 is 0 Å². The molecule has 0 saturated carbocycles. The molecule has 1 aliphatic rings. The summed E-state index contributed by atoms with van der Waals surface area (Å²) in [6.07, 6.45) is 0. The van der Waals surface area contributed by atoms with Crippen molar-refractivity contribution in [3.63, 3.8) is 0 Å². The maximum absolute atomic E-state index is 13.6. The van der Waals surface area contributed by atoms with Crippen LogP contribution in [0.3, 0.4) is 0 Å². The highest BCUT2D eigenvalue weighted by atomic mass is 35.5. The Hall–Kier alpha value is -1.31. The quantitative estimate of drug-likeness (QED) is 0.341. The first kappa shape index (κ1) is 28.7. The first-order valence-electron chi connectivity index (χ1n) is 10.0. The zero-order valence-electron chi connectivity index (χ0n) is 18.5. The molecule has 0 unspecified atom stereocenters. The molecule has 0 aromatic rings. The van der Waals surface area contributed by atoms with Crippen molar-refractivity contribution in [2.75, 3.05) is 39.3 Å². The summed E-state index contributed by atoms with van der Waals surface area (Å²) in [5, 5.41) is 18.9. The molecule has 30 heavy (non-hydrogen) atoms. The average molecular weight is 474 g/mol. The zero-order chi connectivity index (χ0) is 22.4. The molecule has 1 rings (SSSR count). The van der Waals surface area contributed by atoms with E-state index in [1.165, 1.54) is 0 Å². The molecule has 7 nitrogen and oxygen atoms in total. The van der Waals surface area contributed by atoms with Gasteiger partial charge in [0.05, 0.1) is 0 Å². The van der Waals surface area contributed by atoms with Crippen LogP contribution in [0.1, 0.15) is 41.5 Å². The van der Waals surface area contributed by atoms with Gasteiger partial charge in [-0.3, -0.25) is 9.59 Å². The third kappa shape index (κ3) is 4.48. The second-order valence-corrected chi connectivity index (χ2v) is 9.94. The summed E-state index contributed by atoms with van der Waals surface area (Å²) < 4.78 is 6.59. The molecular weight excluding hydrogens is 444 g/mol. The first-order valence-corrected chi connectivity index (χ1v) is 12.0. The van der Waals surface area contributed by atoms with Crippen LogP contribution in [0.2, 0.25) is 0 Å². The predicted molar refractivity (Wildman–Crippen MR) is 117 cm³/mol. The van der Waals surface area contributed by atoms with Gasteiger partial charge in [0.1, 0.15) is 28.3 Å². The lowest BCUT2D eigenvalue weighted by atomic mass is 9.96. The molecule has 0 saturated heterocycles. The summed E-state index contributed by atoms with van der Waals surface area (Å²) in [6, 6.07) is 3.49. The molecule has 0 spiro atoms. The van der Waals surface area contributed by atoms with E-state index in [9.17, 15) is 20.1 Å². The monoisotopic (exact) mass is 473 g/mol. The highest BCUT2D eigenvalue weighted by molar-refractivity contribution is 7.74. The number of carbonyl (C=O) groups is 2. The van der Waals surface area contributed by atoms with Gasteiger partial charge in [-0.05, 0) is 41.5 Å². The van der Waals surface area contributed by atoms with Crippen LogP contribution in [-0.4, -0.2) is 64.8 Å². The second-order valence-electron chi connectivity index (χ2n) is 6.28. The highest BCUT2D eigenvalue weighted by Crippen LogP contribution is 2.74. The molecule has 0 atom stereocenters. The molecule has 166 valence electrons. The van der Waals surface area contributed by atoms with Gasteiger partial charge in [-0.25, -0.2) is 0 Å². The van der Waals surface area contributed by atoms with E-state index in [0.717, 1.165) is 0 Å². The van der Waals surface area contributed by atoms with Crippen molar-refractivity contribution in [1.29, 1.82) is 10.5 Å². The molecule has 0 radical (unpaired) electrons. The van der Waals surface area contributed by atoms with Crippen molar-refractivity contribution in [3.05, 3.63) is 21.5 Å². The topological polar surface area (TPSA) is 91.4 Å². The number of hydrogen-bond donors (Lipinski definition) is 0. The minimum Gasteiger partial charge on any atom is -1.00 e. The minimum atomic E-state index is -2.76. The summed E-state index contributed by atoms with van der Waals surface area (Å²) in [5.41, 5.74) is -0.879. The lowest BCUT2D eigenvalue weighted by Gasteiger charge is -2.47. The van der Waals surface area contributed by atoms with Crippen LogP contribution in [0.25, 0.3) is 0 Å². The molecule has 0 amide bonds. The molecule has 10 heteroatoms. The van der Waals surface area contributed by atoms with Gasteiger partial charge in [-0.2, -0.15) is 10.5 Å². The number of Topliss-reactive ketones (excluding diaryl/α,β-unsaturated/α-hetero) is 2. The number of carbonyl (C=O) groups excluding carboxylic acids is 2. The average Bonchev–Trinajstić information content (AvgIpc) is 2.72. The lowest BCUT2D eigenvalue weighted by Crippen LogP contribution is -3.00. The van der Waals surface area contributed by atoms with Gasteiger partial charge in [0.2, 0.25) is 16.9 Å². The summed E-state index contributed by atoms with van der Waals surface area (Å²) in [4.78, 5) is 26.5. The predicted octanol–water partition coefficient (Wildman–Crippen LogP) is 0.724. The van der Waals surface area contributed by atoms with E-state index in [0.29, 0.717) is 39.3 Å². The van der Waals surface area contributed by atoms with Crippen molar-refractivity contribution in [3.8, 4) is 12.1 Å². The molecule has 0 aromatic carbocycles. The van der Waals surface area contributed by atoms with E-state index < -0.39 is 30.4 Å². The Balaban J connectivity index is 0.00000841. The van der Waals surface area contributed by atoms with Crippen molar-refractivity contribution in [2.24, 2.45) is 0 Å². The molecule has 0 aliphatic heterocycles. The van der Waals surface area contributed by atoms with Gasteiger partial charge in [0.15, 0.2) is 0 Å².